The monoisotopic (exact) mass is 377 g/mol. The summed E-state index contributed by atoms with van der Waals surface area (Å²) in [5.41, 5.74) is 6.64. The fourth-order valence-corrected chi connectivity index (χ4v) is 3.16. The molecule has 0 N–H and O–H groups in total. The predicted octanol–water partition coefficient (Wildman–Crippen LogP) is 7.75. The lowest BCUT2D eigenvalue weighted by atomic mass is 10.1. The van der Waals surface area contributed by atoms with Crippen molar-refractivity contribution in [1.29, 1.82) is 0 Å². The molecule has 0 saturated heterocycles. The summed E-state index contributed by atoms with van der Waals surface area (Å²) in [7, 11) is 0. The van der Waals surface area contributed by atoms with Crippen LogP contribution in [0, 0.1) is 6.92 Å². The number of hydrogen-bond donors (Lipinski definition) is 0. The van der Waals surface area contributed by atoms with E-state index in [1.165, 1.54) is 5.56 Å². The first-order chi connectivity index (χ1) is 14.3. The molecule has 0 spiro atoms. The first-order valence-corrected chi connectivity index (χ1v) is 9.73. The molecule has 4 rings (SSSR count). The maximum absolute atomic E-state index is 4.32. The van der Waals surface area contributed by atoms with Crippen molar-refractivity contribution in [2.75, 3.05) is 4.90 Å². The Hall–Kier alpha value is -3.72. The van der Waals surface area contributed by atoms with Crippen molar-refractivity contribution in [3.63, 3.8) is 0 Å². The van der Waals surface area contributed by atoms with E-state index in [0.717, 1.165) is 28.3 Å². The van der Waals surface area contributed by atoms with Gasteiger partial charge in [0.2, 0.25) is 0 Å². The highest BCUT2D eigenvalue weighted by molar-refractivity contribution is 5.76. The van der Waals surface area contributed by atoms with Crippen LogP contribution in [0.4, 0.5) is 22.7 Å². The van der Waals surface area contributed by atoms with Gasteiger partial charge in [0.15, 0.2) is 0 Å². The van der Waals surface area contributed by atoms with Crippen molar-refractivity contribution >= 4 is 22.7 Å². The van der Waals surface area contributed by atoms with Gasteiger partial charge in [-0.05, 0) is 61.0 Å². The Balaban J connectivity index is 1.57. The molecule has 0 amide bonds. The minimum atomic E-state index is 0.561. The van der Waals surface area contributed by atoms with Gasteiger partial charge in [0.25, 0.3) is 0 Å². The highest BCUT2D eigenvalue weighted by atomic mass is 15.1. The zero-order valence-corrected chi connectivity index (χ0v) is 16.4. The number of benzene rings is 4. The molecule has 0 aliphatic carbocycles. The fourth-order valence-electron chi connectivity index (χ4n) is 3.16. The Morgan fingerprint density at radius 2 is 1.10 bits per heavy atom. The maximum Gasteiger partial charge on any atom is 0.0853 e. The van der Waals surface area contributed by atoms with E-state index in [4.69, 9.17) is 0 Å². The average molecular weight is 377 g/mol. The summed E-state index contributed by atoms with van der Waals surface area (Å²) < 4.78 is 0. The normalized spacial score (nSPS) is 10.9. The summed E-state index contributed by atoms with van der Waals surface area (Å²) in [6, 6.07) is 37.3. The van der Waals surface area contributed by atoms with Gasteiger partial charge in [-0.15, -0.1) is 0 Å². The van der Waals surface area contributed by atoms with Gasteiger partial charge in [0, 0.05) is 17.1 Å². The van der Waals surface area contributed by atoms with E-state index < -0.39 is 0 Å². The molecule has 0 unspecified atom stereocenters. The summed E-state index contributed by atoms with van der Waals surface area (Å²) in [6.07, 6.45) is 0. The SMILES string of the molecule is Cc1ccc(N(c2ccccc2)c2ccc(CN=Nc3ccccc3)cc2)cc1. The molecule has 0 fully saturated rings. The third-order valence-electron chi connectivity index (χ3n) is 4.70. The Bertz CT molecular complexity index is 1050. The summed E-state index contributed by atoms with van der Waals surface area (Å²) in [5.74, 6) is 0. The molecule has 3 heteroatoms. The minimum Gasteiger partial charge on any atom is -0.311 e. The van der Waals surface area contributed by atoms with Crippen LogP contribution in [0.3, 0.4) is 0 Å². The fraction of sp³-hybridized carbons (Fsp3) is 0.0769. The van der Waals surface area contributed by atoms with Crippen LogP contribution in [0.2, 0.25) is 0 Å². The van der Waals surface area contributed by atoms with Crippen molar-refractivity contribution in [2.24, 2.45) is 10.2 Å². The van der Waals surface area contributed by atoms with Gasteiger partial charge in [0.1, 0.15) is 0 Å². The zero-order chi connectivity index (χ0) is 19.9. The lowest BCUT2D eigenvalue weighted by Crippen LogP contribution is -2.09. The molecular weight excluding hydrogens is 354 g/mol. The van der Waals surface area contributed by atoms with E-state index in [9.17, 15) is 0 Å². The molecule has 0 saturated carbocycles. The first kappa shape index (κ1) is 18.6. The second kappa shape index (κ2) is 8.98. The number of hydrogen-bond acceptors (Lipinski definition) is 3. The molecule has 142 valence electrons. The molecular formula is C26H23N3. The second-order valence-corrected chi connectivity index (χ2v) is 6.91. The number of azo groups is 1. The molecule has 0 heterocycles. The molecule has 0 aromatic heterocycles. The molecule has 0 radical (unpaired) electrons. The van der Waals surface area contributed by atoms with Crippen LogP contribution in [-0.4, -0.2) is 0 Å². The van der Waals surface area contributed by atoms with Crippen LogP contribution in [0.5, 0.6) is 0 Å². The van der Waals surface area contributed by atoms with Gasteiger partial charge in [-0.2, -0.15) is 10.2 Å². The first-order valence-electron chi connectivity index (χ1n) is 9.73. The number of para-hydroxylation sites is 1. The van der Waals surface area contributed by atoms with Crippen molar-refractivity contribution in [3.05, 3.63) is 120 Å². The molecule has 0 atom stereocenters. The van der Waals surface area contributed by atoms with Crippen LogP contribution in [0.15, 0.2) is 119 Å². The second-order valence-electron chi connectivity index (χ2n) is 6.91. The quantitative estimate of drug-likeness (QED) is 0.316. The van der Waals surface area contributed by atoms with Gasteiger partial charge in [0.05, 0.1) is 12.2 Å². The number of rotatable bonds is 6. The highest BCUT2D eigenvalue weighted by Gasteiger charge is 2.11. The maximum atomic E-state index is 4.32. The molecule has 0 aliphatic heterocycles. The molecule has 4 aromatic rings. The van der Waals surface area contributed by atoms with E-state index in [1.807, 2.05) is 36.4 Å². The zero-order valence-electron chi connectivity index (χ0n) is 16.4. The van der Waals surface area contributed by atoms with Crippen LogP contribution in [0.25, 0.3) is 0 Å². The Morgan fingerprint density at radius 1 is 0.586 bits per heavy atom. The van der Waals surface area contributed by atoms with E-state index in [-0.39, 0.29) is 0 Å². The van der Waals surface area contributed by atoms with E-state index in [0.29, 0.717) is 6.54 Å². The van der Waals surface area contributed by atoms with Crippen LogP contribution in [0.1, 0.15) is 11.1 Å². The largest absolute Gasteiger partial charge is 0.311 e. The minimum absolute atomic E-state index is 0.561. The van der Waals surface area contributed by atoms with Crippen LogP contribution in [-0.2, 0) is 6.54 Å². The number of nitrogens with zero attached hydrogens (tertiary/aromatic N) is 3. The van der Waals surface area contributed by atoms with Gasteiger partial charge >= 0.3 is 0 Å². The number of aryl methyl sites for hydroxylation is 1. The third kappa shape index (κ3) is 4.77. The number of anilines is 3. The average Bonchev–Trinajstić information content (AvgIpc) is 2.78. The van der Waals surface area contributed by atoms with Gasteiger partial charge < -0.3 is 4.90 Å². The third-order valence-corrected chi connectivity index (χ3v) is 4.70. The van der Waals surface area contributed by atoms with E-state index in [2.05, 4.69) is 94.8 Å². The summed E-state index contributed by atoms with van der Waals surface area (Å²) in [4.78, 5) is 2.26. The van der Waals surface area contributed by atoms with E-state index >= 15 is 0 Å². The van der Waals surface area contributed by atoms with Crippen molar-refractivity contribution in [1.82, 2.24) is 0 Å². The summed E-state index contributed by atoms with van der Waals surface area (Å²) in [5, 5.41) is 8.60. The lowest BCUT2D eigenvalue weighted by Gasteiger charge is -2.25. The van der Waals surface area contributed by atoms with Crippen LogP contribution >= 0.6 is 0 Å². The standard InChI is InChI=1S/C26H23N3/c1-21-12-16-25(17-13-21)29(24-10-6-3-7-11-24)26-18-14-22(15-19-26)20-27-28-23-8-4-2-5-9-23/h2-19H,20H2,1H3. The molecule has 0 aliphatic rings. The van der Waals surface area contributed by atoms with Crippen molar-refractivity contribution in [3.8, 4) is 0 Å². The van der Waals surface area contributed by atoms with E-state index in [1.54, 1.807) is 0 Å². The van der Waals surface area contributed by atoms with Gasteiger partial charge in [-0.3, -0.25) is 0 Å². The van der Waals surface area contributed by atoms with Gasteiger partial charge in [-0.1, -0.05) is 66.2 Å². The highest BCUT2D eigenvalue weighted by Crippen LogP contribution is 2.34. The molecule has 4 aromatic carbocycles. The Morgan fingerprint density at radius 3 is 1.72 bits per heavy atom. The topological polar surface area (TPSA) is 28.0 Å². The predicted molar refractivity (Wildman–Crippen MR) is 121 cm³/mol. The summed E-state index contributed by atoms with van der Waals surface area (Å²) in [6.45, 7) is 2.67. The Labute approximate surface area is 172 Å². The molecule has 0 bridgehead atoms. The van der Waals surface area contributed by atoms with Crippen molar-refractivity contribution < 1.29 is 0 Å². The lowest BCUT2D eigenvalue weighted by molar-refractivity contribution is 0.959. The smallest absolute Gasteiger partial charge is 0.0853 e. The van der Waals surface area contributed by atoms with Gasteiger partial charge in [-0.25, -0.2) is 0 Å². The molecule has 29 heavy (non-hydrogen) atoms. The summed E-state index contributed by atoms with van der Waals surface area (Å²) >= 11 is 0. The Kier molecular flexibility index (Phi) is 5.77. The molecule has 3 nitrogen and oxygen atoms in total. The van der Waals surface area contributed by atoms with Crippen molar-refractivity contribution in [2.45, 2.75) is 13.5 Å². The van der Waals surface area contributed by atoms with Crippen LogP contribution < -0.4 is 4.90 Å².